The summed E-state index contributed by atoms with van der Waals surface area (Å²) in [4.78, 5) is 26.2. The zero-order valence-corrected chi connectivity index (χ0v) is 14.4. The number of hydrogen-bond acceptors (Lipinski definition) is 3. The number of halogens is 1. The molecular weight excluding hydrogens is 324 g/mol. The second kappa shape index (κ2) is 6.13. The largest absolute Gasteiger partial charge is 0.350 e. The lowest BCUT2D eigenvalue weighted by Gasteiger charge is -2.15. The number of benzene rings is 2. The maximum absolute atomic E-state index is 12.7. The molecular formula is C19H17ClN2O2. The minimum Gasteiger partial charge on any atom is -0.350 e. The topological polar surface area (TPSA) is 49.4 Å². The molecule has 0 fully saturated rings. The average molecular weight is 341 g/mol. The molecule has 0 atom stereocenters. The molecule has 24 heavy (non-hydrogen) atoms. The van der Waals surface area contributed by atoms with Crippen LogP contribution in [0, 0.1) is 20.8 Å². The van der Waals surface area contributed by atoms with Crippen LogP contribution in [0.4, 0.5) is 11.4 Å². The number of imide groups is 1. The third-order valence-corrected chi connectivity index (χ3v) is 4.16. The zero-order valence-electron chi connectivity index (χ0n) is 13.7. The lowest BCUT2D eigenvalue weighted by atomic mass is 10.1. The van der Waals surface area contributed by atoms with Crippen LogP contribution in [0.15, 0.2) is 53.2 Å². The summed E-state index contributed by atoms with van der Waals surface area (Å²) in [5.41, 5.74) is 4.50. The van der Waals surface area contributed by atoms with Crippen LogP contribution in [0.3, 0.4) is 0 Å². The first-order valence-corrected chi connectivity index (χ1v) is 7.95. The van der Waals surface area contributed by atoms with Crippen LogP contribution < -0.4 is 10.2 Å². The molecule has 2 amide bonds. The van der Waals surface area contributed by atoms with Crippen molar-refractivity contribution in [3.63, 3.8) is 0 Å². The Bertz CT molecular complexity index is 849. The SMILES string of the molecule is Cc1ccc(N2C(=O)C(Cl)=C(Nc3cc(C)cc(C)c3)C2=O)cc1. The van der Waals surface area contributed by atoms with Crippen LogP contribution in [-0.4, -0.2) is 11.8 Å². The van der Waals surface area contributed by atoms with Gasteiger partial charge in [0, 0.05) is 5.69 Å². The molecule has 0 aromatic heterocycles. The van der Waals surface area contributed by atoms with Gasteiger partial charge in [0.1, 0.15) is 10.7 Å². The number of nitrogens with one attached hydrogen (secondary N) is 1. The molecule has 0 spiro atoms. The van der Waals surface area contributed by atoms with Crippen LogP contribution >= 0.6 is 11.6 Å². The molecule has 1 N–H and O–H groups in total. The van der Waals surface area contributed by atoms with Gasteiger partial charge in [-0.15, -0.1) is 0 Å². The van der Waals surface area contributed by atoms with Crippen LogP contribution in [0.1, 0.15) is 16.7 Å². The Morgan fingerprint density at radius 2 is 1.42 bits per heavy atom. The van der Waals surface area contributed by atoms with Gasteiger partial charge in [0.25, 0.3) is 11.8 Å². The lowest BCUT2D eigenvalue weighted by Crippen LogP contribution is -2.32. The van der Waals surface area contributed by atoms with E-state index in [4.69, 9.17) is 11.6 Å². The van der Waals surface area contributed by atoms with E-state index in [2.05, 4.69) is 5.32 Å². The van der Waals surface area contributed by atoms with E-state index in [1.54, 1.807) is 12.1 Å². The summed E-state index contributed by atoms with van der Waals surface area (Å²) in [6, 6.07) is 13.0. The number of amides is 2. The van der Waals surface area contributed by atoms with Crippen molar-refractivity contribution in [2.45, 2.75) is 20.8 Å². The van der Waals surface area contributed by atoms with Gasteiger partial charge >= 0.3 is 0 Å². The molecule has 0 bridgehead atoms. The summed E-state index contributed by atoms with van der Waals surface area (Å²) in [5.74, 6) is -0.967. The molecule has 2 aromatic rings. The van der Waals surface area contributed by atoms with E-state index < -0.39 is 11.8 Å². The summed E-state index contributed by atoms with van der Waals surface area (Å²) in [7, 11) is 0. The maximum atomic E-state index is 12.7. The van der Waals surface area contributed by atoms with Crippen molar-refractivity contribution >= 4 is 34.8 Å². The Morgan fingerprint density at radius 1 is 0.833 bits per heavy atom. The molecule has 0 radical (unpaired) electrons. The van der Waals surface area contributed by atoms with Gasteiger partial charge < -0.3 is 5.32 Å². The van der Waals surface area contributed by atoms with Crippen molar-refractivity contribution in [3.8, 4) is 0 Å². The van der Waals surface area contributed by atoms with Gasteiger partial charge in [-0.05, 0) is 56.2 Å². The number of rotatable bonds is 3. The van der Waals surface area contributed by atoms with Crippen LogP contribution in [0.5, 0.6) is 0 Å². The number of anilines is 2. The quantitative estimate of drug-likeness (QED) is 0.858. The molecule has 0 saturated carbocycles. The van der Waals surface area contributed by atoms with Crippen molar-refractivity contribution in [2.75, 3.05) is 10.2 Å². The van der Waals surface area contributed by atoms with E-state index in [1.807, 2.05) is 51.1 Å². The second-order valence-corrected chi connectivity index (χ2v) is 6.35. The van der Waals surface area contributed by atoms with E-state index in [0.717, 1.165) is 27.3 Å². The Hall–Kier alpha value is -2.59. The molecule has 1 aliphatic heterocycles. The summed E-state index contributed by atoms with van der Waals surface area (Å²) in [6.07, 6.45) is 0. The number of hydrogen-bond donors (Lipinski definition) is 1. The minimum absolute atomic E-state index is 0.0975. The highest BCUT2D eigenvalue weighted by Crippen LogP contribution is 2.30. The van der Waals surface area contributed by atoms with Gasteiger partial charge in [-0.3, -0.25) is 9.59 Å². The zero-order chi connectivity index (χ0) is 17.4. The summed E-state index contributed by atoms with van der Waals surface area (Å²) in [6.45, 7) is 5.87. The molecule has 0 saturated heterocycles. The third-order valence-electron chi connectivity index (χ3n) is 3.81. The third kappa shape index (κ3) is 2.93. The highest BCUT2D eigenvalue weighted by atomic mass is 35.5. The Kier molecular flexibility index (Phi) is 4.16. The predicted molar refractivity (Wildman–Crippen MR) is 96.1 cm³/mol. The number of carbonyl (C=O) groups is 2. The second-order valence-electron chi connectivity index (χ2n) is 5.97. The molecule has 3 rings (SSSR count). The fourth-order valence-electron chi connectivity index (χ4n) is 2.73. The first-order valence-electron chi connectivity index (χ1n) is 7.57. The van der Waals surface area contributed by atoms with Gasteiger partial charge in [-0.25, -0.2) is 4.90 Å². The molecule has 4 nitrogen and oxygen atoms in total. The molecule has 1 aliphatic rings. The Morgan fingerprint density at radius 3 is 2.00 bits per heavy atom. The van der Waals surface area contributed by atoms with Crippen molar-refractivity contribution in [2.24, 2.45) is 0 Å². The molecule has 5 heteroatoms. The molecule has 0 aliphatic carbocycles. The van der Waals surface area contributed by atoms with Gasteiger partial charge in [0.2, 0.25) is 0 Å². The van der Waals surface area contributed by atoms with E-state index >= 15 is 0 Å². The monoisotopic (exact) mass is 340 g/mol. The summed E-state index contributed by atoms with van der Waals surface area (Å²) in [5, 5.41) is 2.90. The fourth-order valence-corrected chi connectivity index (χ4v) is 2.94. The number of carbonyl (C=O) groups excluding carboxylic acids is 2. The molecule has 1 heterocycles. The number of nitrogens with zero attached hydrogens (tertiary/aromatic N) is 1. The van der Waals surface area contributed by atoms with Crippen LogP contribution in [0.25, 0.3) is 0 Å². The fraction of sp³-hybridized carbons (Fsp3) is 0.158. The summed E-state index contributed by atoms with van der Waals surface area (Å²) < 4.78 is 0. The van der Waals surface area contributed by atoms with Gasteiger partial charge in [0.05, 0.1) is 5.69 Å². The molecule has 0 unspecified atom stereocenters. The lowest BCUT2D eigenvalue weighted by molar-refractivity contribution is -0.120. The Labute approximate surface area is 145 Å². The van der Waals surface area contributed by atoms with E-state index in [9.17, 15) is 9.59 Å². The molecule has 2 aromatic carbocycles. The predicted octanol–water partition coefficient (Wildman–Crippen LogP) is 4.05. The van der Waals surface area contributed by atoms with Gasteiger partial charge in [-0.1, -0.05) is 35.4 Å². The van der Waals surface area contributed by atoms with Crippen molar-refractivity contribution < 1.29 is 9.59 Å². The first-order chi connectivity index (χ1) is 11.4. The van der Waals surface area contributed by atoms with Crippen LogP contribution in [-0.2, 0) is 9.59 Å². The molecule has 122 valence electrons. The van der Waals surface area contributed by atoms with Crippen LogP contribution in [0.2, 0.25) is 0 Å². The summed E-state index contributed by atoms with van der Waals surface area (Å²) >= 11 is 6.13. The van der Waals surface area contributed by atoms with Gasteiger partial charge in [0.15, 0.2) is 0 Å². The normalized spacial score (nSPS) is 14.6. The average Bonchev–Trinajstić information content (AvgIpc) is 2.71. The van der Waals surface area contributed by atoms with E-state index in [-0.39, 0.29) is 10.7 Å². The van der Waals surface area contributed by atoms with Crippen molar-refractivity contribution in [3.05, 3.63) is 69.9 Å². The first kappa shape index (κ1) is 16.3. The smallest absolute Gasteiger partial charge is 0.283 e. The van der Waals surface area contributed by atoms with Crippen molar-refractivity contribution in [1.29, 1.82) is 0 Å². The van der Waals surface area contributed by atoms with E-state index in [0.29, 0.717) is 5.69 Å². The number of aryl methyl sites for hydroxylation is 3. The Balaban J connectivity index is 1.93. The van der Waals surface area contributed by atoms with E-state index in [1.165, 1.54) is 0 Å². The highest BCUT2D eigenvalue weighted by Gasteiger charge is 2.38. The minimum atomic E-state index is -0.516. The highest BCUT2D eigenvalue weighted by molar-refractivity contribution is 6.53. The standard InChI is InChI=1S/C19H17ClN2O2/c1-11-4-6-15(7-5-11)22-18(23)16(20)17(19(22)24)21-14-9-12(2)8-13(3)10-14/h4-10,21H,1-3H3. The van der Waals surface area contributed by atoms with Crippen molar-refractivity contribution in [1.82, 2.24) is 0 Å². The van der Waals surface area contributed by atoms with Gasteiger partial charge in [-0.2, -0.15) is 0 Å². The maximum Gasteiger partial charge on any atom is 0.283 e.